The highest BCUT2D eigenvalue weighted by Crippen LogP contribution is 2.18. The second kappa shape index (κ2) is 6.60. The van der Waals surface area contributed by atoms with Crippen molar-refractivity contribution < 1.29 is 13.2 Å². The molecule has 3 atom stereocenters. The quantitative estimate of drug-likeness (QED) is 0.659. The van der Waals surface area contributed by atoms with Gasteiger partial charge in [-0.1, -0.05) is 0 Å². The van der Waals surface area contributed by atoms with Gasteiger partial charge < -0.3 is 11.1 Å². The van der Waals surface area contributed by atoms with Crippen molar-refractivity contribution in [2.75, 3.05) is 37.7 Å². The van der Waals surface area contributed by atoms with Crippen molar-refractivity contribution in [3.05, 3.63) is 0 Å². The lowest BCUT2D eigenvalue weighted by Crippen LogP contribution is -2.48. The zero-order valence-corrected chi connectivity index (χ0v) is 13.0. The molecule has 0 aromatic rings. The lowest BCUT2D eigenvalue weighted by molar-refractivity contribution is -0.123. The summed E-state index contributed by atoms with van der Waals surface area (Å²) >= 11 is 5.97. The minimum absolute atomic E-state index is 0.0571. The van der Waals surface area contributed by atoms with Gasteiger partial charge in [0.25, 0.3) is 0 Å². The molecule has 116 valence electrons. The lowest BCUT2D eigenvalue weighted by Gasteiger charge is -2.31. The van der Waals surface area contributed by atoms with Gasteiger partial charge in [0.2, 0.25) is 5.91 Å². The van der Waals surface area contributed by atoms with Gasteiger partial charge in [-0.3, -0.25) is 9.69 Å². The number of carbonyl (C=O) groups excluding carboxylic acids is 1. The average Bonchev–Trinajstić information content (AvgIpc) is 2.62. The first-order chi connectivity index (χ1) is 9.39. The number of likely N-dealkylation sites (tertiary alicyclic amines) is 1. The Kier molecular flexibility index (Phi) is 5.28. The van der Waals surface area contributed by atoms with Crippen LogP contribution in [-0.4, -0.2) is 68.3 Å². The molecule has 2 saturated heterocycles. The third kappa shape index (κ3) is 4.31. The van der Waals surface area contributed by atoms with E-state index in [0.29, 0.717) is 12.5 Å². The van der Waals surface area contributed by atoms with Crippen LogP contribution in [0.5, 0.6) is 0 Å². The number of sulfone groups is 1. The van der Waals surface area contributed by atoms with Crippen LogP contribution in [0.2, 0.25) is 0 Å². The Morgan fingerprint density at radius 2 is 2.15 bits per heavy atom. The van der Waals surface area contributed by atoms with Crippen LogP contribution in [0.25, 0.3) is 0 Å². The molecule has 6 nitrogen and oxygen atoms in total. The van der Waals surface area contributed by atoms with Crippen LogP contribution in [0.1, 0.15) is 12.8 Å². The smallest absolute Gasteiger partial charge is 0.234 e. The van der Waals surface area contributed by atoms with Crippen LogP contribution in [-0.2, 0) is 14.6 Å². The molecule has 0 aromatic heterocycles. The number of hydrogen-bond acceptors (Lipinski definition) is 5. The standard InChI is InChI=1S/C12H22ClN3O3S/c13-10-7-20(18,19)8-11(10)15-12(17)6-16-3-1-2-9(4-14)5-16/h9-11H,1-8,14H2,(H,15,17). The highest BCUT2D eigenvalue weighted by Gasteiger charge is 2.37. The fourth-order valence-electron chi connectivity index (χ4n) is 2.88. The lowest BCUT2D eigenvalue weighted by atomic mass is 9.98. The van der Waals surface area contributed by atoms with Crippen molar-refractivity contribution in [3.63, 3.8) is 0 Å². The predicted octanol–water partition coefficient (Wildman–Crippen LogP) is -0.822. The monoisotopic (exact) mass is 323 g/mol. The molecule has 2 heterocycles. The van der Waals surface area contributed by atoms with E-state index in [0.717, 1.165) is 25.9 Å². The van der Waals surface area contributed by atoms with Crippen LogP contribution in [0.3, 0.4) is 0 Å². The van der Waals surface area contributed by atoms with Gasteiger partial charge in [-0.15, -0.1) is 11.6 Å². The molecule has 8 heteroatoms. The second-order valence-corrected chi connectivity index (χ2v) is 8.46. The number of rotatable bonds is 4. The molecule has 0 saturated carbocycles. The summed E-state index contributed by atoms with van der Waals surface area (Å²) in [6.07, 6.45) is 2.16. The predicted molar refractivity (Wildman–Crippen MR) is 78.4 cm³/mol. The van der Waals surface area contributed by atoms with Crippen LogP contribution >= 0.6 is 11.6 Å². The van der Waals surface area contributed by atoms with E-state index in [2.05, 4.69) is 10.2 Å². The first-order valence-corrected chi connectivity index (χ1v) is 9.21. The van der Waals surface area contributed by atoms with Crippen molar-refractivity contribution in [1.82, 2.24) is 10.2 Å². The minimum atomic E-state index is -3.11. The molecule has 2 fully saturated rings. The average molecular weight is 324 g/mol. The number of carbonyl (C=O) groups is 1. The van der Waals surface area contributed by atoms with E-state index in [-0.39, 0.29) is 24.0 Å². The minimum Gasteiger partial charge on any atom is -0.350 e. The summed E-state index contributed by atoms with van der Waals surface area (Å²) in [6.45, 7) is 2.65. The third-order valence-corrected chi connectivity index (χ3v) is 6.31. The molecule has 3 N–H and O–H groups in total. The largest absolute Gasteiger partial charge is 0.350 e. The summed E-state index contributed by atoms with van der Waals surface area (Å²) < 4.78 is 22.9. The maximum absolute atomic E-state index is 12.0. The zero-order chi connectivity index (χ0) is 14.8. The summed E-state index contributed by atoms with van der Waals surface area (Å²) in [5, 5.41) is 2.22. The Hall–Kier alpha value is -0.370. The summed E-state index contributed by atoms with van der Waals surface area (Å²) in [5.74, 6) is 0.177. The molecule has 0 aromatic carbocycles. The maximum Gasteiger partial charge on any atom is 0.234 e. The molecule has 1 amide bonds. The molecule has 0 bridgehead atoms. The Balaban J connectivity index is 1.81. The molecule has 3 unspecified atom stereocenters. The second-order valence-electron chi connectivity index (χ2n) is 5.75. The Bertz CT molecular complexity index is 457. The Morgan fingerprint density at radius 3 is 2.75 bits per heavy atom. The normalized spacial score (nSPS) is 34.0. The number of nitrogens with two attached hydrogens (primary N) is 1. The van der Waals surface area contributed by atoms with Gasteiger partial charge in [-0.05, 0) is 31.8 Å². The number of amides is 1. The first kappa shape index (κ1) is 16.0. The molecular formula is C12H22ClN3O3S. The number of nitrogens with one attached hydrogen (secondary N) is 1. The molecule has 2 aliphatic heterocycles. The van der Waals surface area contributed by atoms with Gasteiger partial charge in [0.1, 0.15) is 0 Å². The number of hydrogen-bond donors (Lipinski definition) is 2. The van der Waals surface area contributed by atoms with Gasteiger partial charge >= 0.3 is 0 Å². The summed E-state index contributed by atoms with van der Waals surface area (Å²) in [4.78, 5) is 14.1. The van der Waals surface area contributed by atoms with Gasteiger partial charge in [0.15, 0.2) is 9.84 Å². The van der Waals surface area contributed by atoms with Crippen molar-refractivity contribution in [3.8, 4) is 0 Å². The van der Waals surface area contributed by atoms with Crippen LogP contribution in [0.4, 0.5) is 0 Å². The highest BCUT2D eigenvalue weighted by molar-refractivity contribution is 7.91. The topological polar surface area (TPSA) is 92.5 Å². The van der Waals surface area contributed by atoms with Crippen LogP contribution in [0.15, 0.2) is 0 Å². The fourth-order valence-corrected chi connectivity index (χ4v) is 5.43. The Labute approximate surface area is 124 Å². The SMILES string of the molecule is NCC1CCCN(CC(=O)NC2CS(=O)(=O)CC2Cl)C1. The number of nitrogens with zero attached hydrogens (tertiary/aromatic N) is 1. The molecule has 0 aliphatic carbocycles. The zero-order valence-electron chi connectivity index (χ0n) is 11.4. The molecule has 0 spiro atoms. The molecule has 2 rings (SSSR count). The van der Waals surface area contributed by atoms with E-state index >= 15 is 0 Å². The van der Waals surface area contributed by atoms with E-state index < -0.39 is 21.3 Å². The van der Waals surface area contributed by atoms with Gasteiger partial charge in [-0.25, -0.2) is 8.42 Å². The number of halogens is 1. The van der Waals surface area contributed by atoms with Gasteiger partial charge in [0.05, 0.1) is 29.5 Å². The van der Waals surface area contributed by atoms with Gasteiger partial charge in [0, 0.05) is 6.54 Å². The van der Waals surface area contributed by atoms with E-state index in [1.807, 2.05) is 0 Å². The van der Waals surface area contributed by atoms with Crippen molar-refractivity contribution in [1.29, 1.82) is 0 Å². The summed E-state index contributed by atoms with van der Waals surface area (Å²) in [6, 6.07) is -0.468. The van der Waals surface area contributed by atoms with Crippen LogP contribution < -0.4 is 11.1 Å². The molecule has 0 radical (unpaired) electrons. The van der Waals surface area contributed by atoms with E-state index in [1.54, 1.807) is 0 Å². The highest BCUT2D eigenvalue weighted by atomic mass is 35.5. The number of alkyl halides is 1. The van der Waals surface area contributed by atoms with Crippen molar-refractivity contribution in [2.45, 2.75) is 24.3 Å². The Morgan fingerprint density at radius 1 is 1.40 bits per heavy atom. The molecule has 2 aliphatic rings. The van der Waals surface area contributed by atoms with Crippen molar-refractivity contribution in [2.24, 2.45) is 11.7 Å². The van der Waals surface area contributed by atoms with Gasteiger partial charge in [-0.2, -0.15) is 0 Å². The summed E-state index contributed by atoms with van der Waals surface area (Å²) in [7, 11) is -3.11. The van der Waals surface area contributed by atoms with E-state index in [1.165, 1.54) is 0 Å². The van der Waals surface area contributed by atoms with E-state index in [9.17, 15) is 13.2 Å². The maximum atomic E-state index is 12.0. The van der Waals surface area contributed by atoms with E-state index in [4.69, 9.17) is 17.3 Å². The van der Waals surface area contributed by atoms with Crippen LogP contribution in [0, 0.1) is 5.92 Å². The summed E-state index contributed by atoms with van der Waals surface area (Å²) in [5.41, 5.74) is 5.67. The number of piperidine rings is 1. The molecular weight excluding hydrogens is 302 g/mol. The van der Waals surface area contributed by atoms with Crippen molar-refractivity contribution >= 4 is 27.3 Å². The molecule has 20 heavy (non-hydrogen) atoms. The fraction of sp³-hybridized carbons (Fsp3) is 0.917. The third-order valence-electron chi connectivity index (χ3n) is 3.93. The first-order valence-electron chi connectivity index (χ1n) is 6.96.